The maximum absolute atomic E-state index is 12.6. The summed E-state index contributed by atoms with van der Waals surface area (Å²) in [5, 5.41) is 7.60. The van der Waals surface area contributed by atoms with Gasteiger partial charge in [0.25, 0.3) is 0 Å². The Morgan fingerprint density at radius 3 is 2.85 bits per heavy atom. The average Bonchev–Trinajstić information content (AvgIpc) is 2.04. The molecule has 0 heterocycles. The molecule has 4 heteroatoms. The van der Waals surface area contributed by atoms with Crippen LogP contribution in [0.4, 0.5) is 4.39 Å². The molecule has 0 aliphatic carbocycles. The minimum atomic E-state index is -0.418. The molecule has 0 aliphatic heterocycles. The maximum atomic E-state index is 12.6. The molecule has 2 nitrogen and oxygen atoms in total. The van der Waals surface area contributed by atoms with Gasteiger partial charge >= 0.3 is 0 Å². The van der Waals surface area contributed by atoms with Crippen LogP contribution in [-0.2, 0) is 4.74 Å². The van der Waals surface area contributed by atoms with E-state index in [0.29, 0.717) is 12.2 Å². The number of hydrogen-bond acceptors (Lipinski definition) is 2. The fraction of sp³-hybridized carbons (Fsp3) is 0.222. The predicted molar refractivity (Wildman–Crippen MR) is 49.9 cm³/mol. The van der Waals surface area contributed by atoms with Crippen molar-refractivity contribution in [2.75, 3.05) is 6.61 Å². The Hall–Kier alpha value is -1.09. The number of rotatable bonds is 2. The normalized spacial score (nSPS) is 9.77. The van der Waals surface area contributed by atoms with Gasteiger partial charge in [0.05, 0.1) is 17.2 Å². The quantitative estimate of drug-likeness (QED) is 0.579. The van der Waals surface area contributed by atoms with E-state index in [1.165, 1.54) is 12.1 Å². The number of benzene rings is 1. The van der Waals surface area contributed by atoms with Gasteiger partial charge in [0, 0.05) is 0 Å². The second-order valence-electron chi connectivity index (χ2n) is 2.39. The molecule has 0 aliphatic rings. The average molecular weight is 202 g/mol. The fourth-order valence-electron chi connectivity index (χ4n) is 0.896. The van der Waals surface area contributed by atoms with Gasteiger partial charge in [0.2, 0.25) is 5.90 Å². The molecule has 1 aromatic carbocycles. The first-order valence-electron chi connectivity index (χ1n) is 3.82. The summed E-state index contributed by atoms with van der Waals surface area (Å²) in [7, 11) is 0. The van der Waals surface area contributed by atoms with E-state index in [0.717, 1.165) is 6.07 Å². The van der Waals surface area contributed by atoms with Gasteiger partial charge in [0.15, 0.2) is 0 Å². The number of ether oxygens (including phenoxy) is 1. The summed E-state index contributed by atoms with van der Waals surface area (Å²) < 4.78 is 17.5. The largest absolute Gasteiger partial charge is 0.478 e. The molecule has 0 saturated carbocycles. The first-order chi connectivity index (χ1) is 6.15. The maximum Gasteiger partial charge on any atom is 0.214 e. The van der Waals surface area contributed by atoms with E-state index in [1.54, 1.807) is 6.92 Å². The van der Waals surface area contributed by atoms with Crippen molar-refractivity contribution in [3.8, 4) is 0 Å². The summed E-state index contributed by atoms with van der Waals surface area (Å²) in [6, 6.07) is 3.83. The van der Waals surface area contributed by atoms with Crippen LogP contribution in [0.5, 0.6) is 0 Å². The molecule has 1 rings (SSSR count). The molecule has 0 aromatic heterocycles. The third kappa shape index (κ3) is 2.42. The molecule has 0 fully saturated rings. The summed E-state index contributed by atoms with van der Waals surface area (Å²) in [5.74, 6) is -0.453. The Morgan fingerprint density at radius 1 is 1.62 bits per heavy atom. The van der Waals surface area contributed by atoms with Crippen molar-refractivity contribution in [1.82, 2.24) is 0 Å². The summed E-state index contributed by atoms with van der Waals surface area (Å²) in [4.78, 5) is 0. The Kier molecular flexibility index (Phi) is 3.25. The molecule has 0 saturated heterocycles. The first-order valence-corrected chi connectivity index (χ1v) is 4.19. The Bertz CT molecular complexity index is 327. The van der Waals surface area contributed by atoms with E-state index < -0.39 is 5.82 Å². The molecule has 1 aromatic rings. The van der Waals surface area contributed by atoms with Crippen LogP contribution in [0, 0.1) is 11.2 Å². The Labute approximate surface area is 80.8 Å². The fourth-order valence-corrected chi connectivity index (χ4v) is 1.15. The summed E-state index contributed by atoms with van der Waals surface area (Å²) >= 11 is 5.70. The number of nitrogens with one attached hydrogen (secondary N) is 1. The van der Waals surface area contributed by atoms with Crippen molar-refractivity contribution in [3.63, 3.8) is 0 Å². The van der Waals surface area contributed by atoms with Gasteiger partial charge in [-0.15, -0.1) is 0 Å². The van der Waals surface area contributed by atoms with Crippen LogP contribution in [0.25, 0.3) is 0 Å². The van der Waals surface area contributed by atoms with Crippen molar-refractivity contribution < 1.29 is 9.13 Å². The minimum absolute atomic E-state index is 0.0347. The molecule has 0 spiro atoms. The van der Waals surface area contributed by atoms with Crippen LogP contribution in [0.3, 0.4) is 0 Å². The molecule has 0 radical (unpaired) electrons. The van der Waals surface area contributed by atoms with Gasteiger partial charge in [-0.2, -0.15) is 0 Å². The molecule has 0 amide bonds. The van der Waals surface area contributed by atoms with Gasteiger partial charge in [-0.3, -0.25) is 5.41 Å². The SMILES string of the molecule is CCOC(=N)c1ccc(F)cc1Cl. The lowest BCUT2D eigenvalue weighted by Gasteiger charge is -2.06. The minimum Gasteiger partial charge on any atom is -0.478 e. The Balaban J connectivity index is 2.95. The van der Waals surface area contributed by atoms with E-state index in [1.807, 2.05) is 0 Å². The molecular weight excluding hydrogens is 193 g/mol. The highest BCUT2D eigenvalue weighted by molar-refractivity contribution is 6.33. The smallest absolute Gasteiger partial charge is 0.214 e. The van der Waals surface area contributed by atoms with Crippen LogP contribution < -0.4 is 0 Å². The highest BCUT2D eigenvalue weighted by Crippen LogP contribution is 2.17. The third-order valence-corrected chi connectivity index (χ3v) is 1.78. The zero-order valence-electron chi connectivity index (χ0n) is 7.10. The van der Waals surface area contributed by atoms with Gasteiger partial charge in [-0.05, 0) is 25.1 Å². The van der Waals surface area contributed by atoms with Crippen LogP contribution in [0.2, 0.25) is 5.02 Å². The van der Waals surface area contributed by atoms with Crippen LogP contribution in [0.1, 0.15) is 12.5 Å². The molecule has 0 bridgehead atoms. The van der Waals surface area contributed by atoms with E-state index >= 15 is 0 Å². The first kappa shape index (κ1) is 9.99. The topological polar surface area (TPSA) is 33.1 Å². The van der Waals surface area contributed by atoms with E-state index in [-0.39, 0.29) is 10.9 Å². The van der Waals surface area contributed by atoms with Crippen molar-refractivity contribution in [1.29, 1.82) is 5.41 Å². The molecule has 0 atom stereocenters. The zero-order valence-corrected chi connectivity index (χ0v) is 7.86. The van der Waals surface area contributed by atoms with Gasteiger partial charge in [-0.25, -0.2) is 4.39 Å². The lowest BCUT2D eigenvalue weighted by Crippen LogP contribution is -2.05. The molecule has 0 unspecified atom stereocenters. The van der Waals surface area contributed by atoms with Gasteiger partial charge in [0.1, 0.15) is 5.82 Å². The molecule has 1 N–H and O–H groups in total. The second kappa shape index (κ2) is 4.23. The lowest BCUT2D eigenvalue weighted by molar-refractivity contribution is 0.325. The van der Waals surface area contributed by atoms with Crippen LogP contribution in [-0.4, -0.2) is 12.5 Å². The molecule has 13 heavy (non-hydrogen) atoms. The van der Waals surface area contributed by atoms with Gasteiger partial charge < -0.3 is 4.74 Å². The third-order valence-electron chi connectivity index (χ3n) is 1.46. The standard InChI is InChI=1S/C9H9ClFNO/c1-2-13-9(12)7-4-3-6(11)5-8(7)10/h3-5,12H,2H2,1H3. The predicted octanol–water partition coefficient (Wildman–Crippen LogP) is 2.84. The zero-order chi connectivity index (χ0) is 9.84. The van der Waals surface area contributed by atoms with E-state index in [2.05, 4.69) is 0 Å². The van der Waals surface area contributed by atoms with Crippen LogP contribution >= 0.6 is 11.6 Å². The van der Waals surface area contributed by atoms with Crippen molar-refractivity contribution in [2.45, 2.75) is 6.92 Å². The molecule has 70 valence electrons. The highest BCUT2D eigenvalue weighted by atomic mass is 35.5. The van der Waals surface area contributed by atoms with Gasteiger partial charge in [-0.1, -0.05) is 11.6 Å². The number of hydrogen-bond donors (Lipinski definition) is 1. The van der Waals surface area contributed by atoms with E-state index in [9.17, 15) is 4.39 Å². The lowest BCUT2D eigenvalue weighted by atomic mass is 10.2. The second-order valence-corrected chi connectivity index (χ2v) is 2.79. The van der Waals surface area contributed by atoms with Crippen molar-refractivity contribution in [2.24, 2.45) is 0 Å². The van der Waals surface area contributed by atoms with Crippen LogP contribution in [0.15, 0.2) is 18.2 Å². The molecular formula is C9H9ClFNO. The van der Waals surface area contributed by atoms with Crippen molar-refractivity contribution in [3.05, 3.63) is 34.6 Å². The van der Waals surface area contributed by atoms with Crippen molar-refractivity contribution >= 4 is 17.5 Å². The number of halogens is 2. The summed E-state index contributed by atoms with van der Waals surface area (Å²) in [6.45, 7) is 2.17. The highest BCUT2D eigenvalue weighted by Gasteiger charge is 2.07. The Morgan fingerprint density at radius 2 is 2.31 bits per heavy atom. The van der Waals surface area contributed by atoms with E-state index in [4.69, 9.17) is 21.7 Å². The monoisotopic (exact) mass is 201 g/mol. The summed E-state index contributed by atoms with van der Waals surface area (Å²) in [5.41, 5.74) is 0.407. The summed E-state index contributed by atoms with van der Waals surface area (Å²) in [6.07, 6.45) is 0.